The van der Waals surface area contributed by atoms with Crippen LogP contribution in [0, 0.1) is 0 Å². The van der Waals surface area contributed by atoms with Gasteiger partial charge in [0.1, 0.15) is 0 Å². The minimum absolute atomic E-state index is 0.159. The summed E-state index contributed by atoms with van der Waals surface area (Å²) in [4.78, 5) is 18.6. The normalized spacial score (nSPS) is 18.4. The molecule has 1 aromatic heterocycles. The monoisotopic (exact) mass is 331 g/mol. The number of carbonyl (C=O) groups excluding carboxylic acids is 1. The van der Waals surface area contributed by atoms with Gasteiger partial charge < -0.3 is 9.42 Å². The highest BCUT2D eigenvalue weighted by atomic mass is 32.2. The number of hydrogen-bond acceptors (Lipinski definition) is 5. The van der Waals surface area contributed by atoms with Crippen molar-refractivity contribution in [3.05, 3.63) is 47.6 Å². The fraction of sp³-hybridized carbons (Fsp3) is 0.471. The Kier molecular flexibility index (Phi) is 5.33. The van der Waals surface area contributed by atoms with Crippen molar-refractivity contribution in [1.29, 1.82) is 0 Å². The minimum Gasteiger partial charge on any atom is -0.342 e. The largest absolute Gasteiger partial charge is 0.342 e. The van der Waals surface area contributed by atoms with E-state index in [0.29, 0.717) is 18.9 Å². The first-order valence-corrected chi connectivity index (χ1v) is 9.28. The molecule has 0 saturated carbocycles. The average Bonchev–Trinajstić information content (AvgIpc) is 3.04. The van der Waals surface area contributed by atoms with Gasteiger partial charge >= 0.3 is 0 Å². The third-order valence-corrected chi connectivity index (χ3v) is 4.67. The number of amides is 1. The molecule has 6 heteroatoms. The van der Waals surface area contributed by atoms with Crippen molar-refractivity contribution in [2.75, 3.05) is 19.3 Å². The molecule has 0 radical (unpaired) electrons. The SMILES string of the molecule is CSCc1noc([C@@H]2CCC(=O)N(CCc3ccccc3)C2)n1. The predicted octanol–water partition coefficient (Wildman–Crippen LogP) is 2.88. The third kappa shape index (κ3) is 4.13. The topological polar surface area (TPSA) is 59.2 Å². The van der Waals surface area contributed by atoms with E-state index in [2.05, 4.69) is 22.3 Å². The molecule has 1 fully saturated rings. The first-order chi connectivity index (χ1) is 11.3. The van der Waals surface area contributed by atoms with Gasteiger partial charge in [0.05, 0.1) is 11.7 Å². The zero-order chi connectivity index (χ0) is 16.1. The molecule has 5 nitrogen and oxygen atoms in total. The Morgan fingerprint density at radius 1 is 1.35 bits per heavy atom. The Balaban J connectivity index is 1.60. The molecule has 1 aromatic carbocycles. The Morgan fingerprint density at radius 3 is 2.96 bits per heavy atom. The summed E-state index contributed by atoms with van der Waals surface area (Å²) in [5.74, 6) is 2.55. The van der Waals surface area contributed by atoms with E-state index in [9.17, 15) is 4.79 Å². The van der Waals surface area contributed by atoms with Gasteiger partial charge in [-0.2, -0.15) is 16.7 Å². The van der Waals surface area contributed by atoms with E-state index in [4.69, 9.17) is 4.52 Å². The highest BCUT2D eigenvalue weighted by Gasteiger charge is 2.30. The molecule has 1 saturated heterocycles. The first-order valence-electron chi connectivity index (χ1n) is 7.89. The lowest BCUT2D eigenvalue weighted by Gasteiger charge is -2.31. The van der Waals surface area contributed by atoms with Gasteiger partial charge in [-0.1, -0.05) is 35.5 Å². The van der Waals surface area contributed by atoms with Crippen LogP contribution in [-0.2, 0) is 17.0 Å². The summed E-state index contributed by atoms with van der Waals surface area (Å²) in [5, 5.41) is 4.01. The molecule has 122 valence electrons. The average molecular weight is 331 g/mol. The molecule has 1 aliphatic heterocycles. The highest BCUT2D eigenvalue weighted by molar-refractivity contribution is 7.97. The summed E-state index contributed by atoms with van der Waals surface area (Å²) in [7, 11) is 0. The van der Waals surface area contributed by atoms with E-state index in [1.807, 2.05) is 29.4 Å². The van der Waals surface area contributed by atoms with Crippen LogP contribution in [0.2, 0.25) is 0 Å². The fourth-order valence-electron chi connectivity index (χ4n) is 2.86. The van der Waals surface area contributed by atoms with Gasteiger partial charge in [0, 0.05) is 19.5 Å². The van der Waals surface area contributed by atoms with Crippen LogP contribution < -0.4 is 0 Å². The Labute approximate surface area is 140 Å². The summed E-state index contributed by atoms with van der Waals surface area (Å²) in [6.45, 7) is 1.41. The van der Waals surface area contributed by atoms with Crippen molar-refractivity contribution < 1.29 is 9.32 Å². The number of rotatable bonds is 6. The van der Waals surface area contributed by atoms with Crippen LogP contribution in [0.1, 0.15) is 36.0 Å². The van der Waals surface area contributed by atoms with Gasteiger partial charge in [0.2, 0.25) is 11.8 Å². The second-order valence-electron chi connectivity index (χ2n) is 5.79. The number of thioether (sulfide) groups is 1. The first kappa shape index (κ1) is 16.1. The Hall–Kier alpha value is -1.82. The van der Waals surface area contributed by atoms with E-state index in [1.54, 1.807) is 11.8 Å². The maximum Gasteiger partial charge on any atom is 0.231 e. The molecule has 0 aliphatic carbocycles. The maximum absolute atomic E-state index is 12.2. The number of benzene rings is 1. The standard InChI is InChI=1S/C17H21N3O2S/c1-23-12-15-18-17(22-19-15)14-7-8-16(21)20(11-14)10-9-13-5-3-2-4-6-13/h2-6,14H,7-12H2,1H3/t14-/m1/s1. The maximum atomic E-state index is 12.2. The second kappa shape index (κ2) is 7.64. The molecule has 2 heterocycles. The molecule has 23 heavy (non-hydrogen) atoms. The number of piperidine rings is 1. The van der Waals surface area contributed by atoms with Gasteiger partial charge in [-0.05, 0) is 24.7 Å². The summed E-state index contributed by atoms with van der Waals surface area (Å²) >= 11 is 1.67. The van der Waals surface area contributed by atoms with E-state index >= 15 is 0 Å². The molecule has 1 aliphatic rings. The van der Waals surface area contributed by atoms with Crippen LogP contribution in [0.3, 0.4) is 0 Å². The van der Waals surface area contributed by atoms with Crippen LogP contribution in [0.15, 0.2) is 34.9 Å². The summed E-state index contributed by atoms with van der Waals surface area (Å²) < 4.78 is 5.39. The summed E-state index contributed by atoms with van der Waals surface area (Å²) in [5.41, 5.74) is 1.25. The van der Waals surface area contributed by atoms with E-state index < -0.39 is 0 Å². The van der Waals surface area contributed by atoms with Gasteiger partial charge in [-0.15, -0.1) is 0 Å². The van der Waals surface area contributed by atoms with Crippen LogP contribution in [0.25, 0.3) is 0 Å². The van der Waals surface area contributed by atoms with Crippen LogP contribution >= 0.6 is 11.8 Å². The number of hydrogen-bond donors (Lipinski definition) is 0. The predicted molar refractivity (Wildman–Crippen MR) is 90.2 cm³/mol. The van der Waals surface area contributed by atoms with Crippen LogP contribution in [-0.4, -0.2) is 40.3 Å². The molecule has 1 atom stereocenters. The Bertz CT molecular complexity index is 644. The molecule has 0 bridgehead atoms. The summed E-state index contributed by atoms with van der Waals surface area (Å²) in [6.07, 6.45) is 4.24. The van der Waals surface area contributed by atoms with Crippen LogP contribution in [0.4, 0.5) is 0 Å². The van der Waals surface area contributed by atoms with Crippen molar-refractivity contribution in [3.8, 4) is 0 Å². The molecule has 1 amide bonds. The molecule has 0 spiro atoms. The number of nitrogens with zero attached hydrogens (tertiary/aromatic N) is 3. The zero-order valence-corrected chi connectivity index (χ0v) is 14.1. The summed E-state index contributed by atoms with van der Waals surface area (Å²) in [6, 6.07) is 10.3. The van der Waals surface area contributed by atoms with Crippen molar-refractivity contribution in [2.24, 2.45) is 0 Å². The van der Waals surface area contributed by atoms with Crippen molar-refractivity contribution in [1.82, 2.24) is 15.0 Å². The van der Waals surface area contributed by atoms with E-state index in [1.165, 1.54) is 5.56 Å². The van der Waals surface area contributed by atoms with E-state index in [-0.39, 0.29) is 11.8 Å². The number of likely N-dealkylation sites (tertiary alicyclic amines) is 1. The quantitative estimate of drug-likeness (QED) is 0.814. The molecule has 0 unspecified atom stereocenters. The fourth-order valence-corrected chi connectivity index (χ4v) is 3.24. The molecular weight excluding hydrogens is 310 g/mol. The smallest absolute Gasteiger partial charge is 0.231 e. The zero-order valence-electron chi connectivity index (χ0n) is 13.3. The lowest BCUT2D eigenvalue weighted by Crippen LogP contribution is -2.40. The van der Waals surface area contributed by atoms with Crippen molar-refractivity contribution in [2.45, 2.75) is 30.9 Å². The van der Waals surface area contributed by atoms with Gasteiger partial charge in [0.25, 0.3) is 0 Å². The third-order valence-electron chi connectivity index (χ3n) is 4.12. The van der Waals surface area contributed by atoms with E-state index in [0.717, 1.165) is 31.0 Å². The minimum atomic E-state index is 0.159. The highest BCUT2D eigenvalue weighted by Crippen LogP contribution is 2.27. The van der Waals surface area contributed by atoms with Gasteiger partial charge in [-0.25, -0.2) is 0 Å². The molecular formula is C17H21N3O2S. The lowest BCUT2D eigenvalue weighted by atomic mass is 9.97. The van der Waals surface area contributed by atoms with Gasteiger partial charge in [-0.3, -0.25) is 4.79 Å². The second-order valence-corrected chi connectivity index (χ2v) is 6.66. The lowest BCUT2D eigenvalue weighted by molar-refractivity contribution is -0.133. The molecule has 2 aromatic rings. The molecule has 3 rings (SSSR count). The van der Waals surface area contributed by atoms with Gasteiger partial charge in [0.15, 0.2) is 5.82 Å². The number of aromatic nitrogens is 2. The Morgan fingerprint density at radius 2 is 2.17 bits per heavy atom. The van der Waals surface area contributed by atoms with Crippen molar-refractivity contribution in [3.63, 3.8) is 0 Å². The van der Waals surface area contributed by atoms with Crippen LogP contribution in [0.5, 0.6) is 0 Å². The molecule has 0 N–H and O–H groups in total. The number of carbonyl (C=O) groups is 1. The van der Waals surface area contributed by atoms with Crippen molar-refractivity contribution >= 4 is 17.7 Å².